The Morgan fingerprint density at radius 3 is 2.53 bits per heavy atom. The monoisotopic (exact) mass is 543 g/mol. The standard InChI is InChI=1S/C22H24BrCl2N3O4/c1-5-32-18-9-13(8-16(23)20(18)31-4)11-26-28-22(30)19(12(2)3)27-21(29)15-7-6-14(24)10-17(15)25/h6-12,19H,5H2,1-4H3,(H,27,29)(H,28,30)/b26-11+. The summed E-state index contributed by atoms with van der Waals surface area (Å²) in [6.45, 7) is 5.96. The van der Waals surface area contributed by atoms with Gasteiger partial charge in [0.05, 0.1) is 35.0 Å². The number of halogens is 3. The average molecular weight is 545 g/mol. The third kappa shape index (κ3) is 6.85. The molecule has 1 atom stereocenters. The molecular formula is C22H24BrCl2N3O4. The summed E-state index contributed by atoms with van der Waals surface area (Å²) in [5.74, 6) is -0.0297. The molecule has 0 saturated carbocycles. The Bertz CT molecular complexity index is 1010. The number of amides is 2. The molecule has 0 heterocycles. The fraction of sp³-hybridized carbons (Fsp3) is 0.318. The third-order valence-corrected chi connectivity index (χ3v) is 5.47. The summed E-state index contributed by atoms with van der Waals surface area (Å²) in [5, 5.41) is 7.32. The van der Waals surface area contributed by atoms with Crippen LogP contribution in [0.4, 0.5) is 0 Å². The van der Waals surface area contributed by atoms with Crippen LogP contribution >= 0.6 is 39.1 Å². The molecule has 2 amide bonds. The molecule has 0 radical (unpaired) electrons. The molecule has 0 aliphatic rings. The summed E-state index contributed by atoms with van der Waals surface area (Å²) < 4.78 is 11.6. The first kappa shape index (κ1) is 26.0. The van der Waals surface area contributed by atoms with Crippen molar-refractivity contribution < 1.29 is 19.1 Å². The second-order valence-electron chi connectivity index (χ2n) is 7.02. The zero-order chi connectivity index (χ0) is 23.8. The van der Waals surface area contributed by atoms with Crippen LogP contribution in [-0.4, -0.2) is 37.8 Å². The van der Waals surface area contributed by atoms with Crippen LogP contribution in [0.1, 0.15) is 36.7 Å². The minimum Gasteiger partial charge on any atom is -0.492 e. The zero-order valence-electron chi connectivity index (χ0n) is 18.0. The van der Waals surface area contributed by atoms with Crippen molar-refractivity contribution in [2.75, 3.05) is 13.7 Å². The molecule has 32 heavy (non-hydrogen) atoms. The zero-order valence-corrected chi connectivity index (χ0v) is 21.1. The largest absolute Gasteiger partial charge is 0.492 e. The van der Waals surface area contributed by atoms with Crippen LogP contribution in [0.3, 0.4) is 0 Å². The highest BCUT2D eigenvalue weighted by Gasteiger charge is 2.25. The molecule has 0 saturated heterocycles. The Labute approximate surface area is 205 Å². The average Bonchev–Trinajstić information content (AvgIpc) is 2.71. The van der Waals surface area contributed by atoms with Gasteiger partial charge in [0.2, 0.25) is 0 Å². The summed E-state index contributed by atoms with van der Waals surface area (Å²) in [7, 11) is 1.55. The Kier molecular flexibility index (Phi) is 9.81. The number of hydrazone groups is 1. The van der Waals surface area contributed by atoms with Crippen molar-refractivity contribution in [3.05, 3.63) is 56.0 Å². The van der Waals surface area contributed by atoms with Gasteiger partial charge in [0.25, 0.3) is 11.8 Å². The molecule has 10 heteroatoms. The lowest BCUT2D eigenvalue weighted by Gasteiger charge is -2.20. The van der Waals surface area contributed by atoms with Gasteiger partial charge in [-0.15, -0.1) is 0 Å². The molecule has 172 valence electrons. The van der Waals surface area contributed by atoms with Crippen LogP contribution in [-0.2, 0) is 4.79 Å². The van der Waals surface area contributed by atoms with E-state index in [9.17, 15) is 9.59 Å². The SMILES string of the molecule is CCOc1cc(/C=N/NC(=O)C(NC(=O)c2ccc(Cl)cc2Cl)C(C)C)cc(Br)c1OC. The van der Waals surface area contributed by atoms with Crippen LogP contribution < -0.4 is 20.2 Å². The van der Waals surface area contributed by atoms with Crippen LogP contribution in [0.25, 0.3) is 0 Å². The van der Waals surface area contributed by atoms with E-state index in [1.807, 2.05) is 20.8 Å². The third-order valence-electron chi connectivity index (χ3n) is 4.34. The number of ether oxygens (including phenoxy) is 2. The van der Waals surface area contributed by atoms with Crippen molar-refractivity contribution in [3.8, 4) is 11.5 Å². The van der Waals surface area contributed by atoms with E-state index in [0.29, 0.717) is 33.2 Å². The lowest BCUT2D eigenvalue weighted by atomic mass is 10.0. The number of carbonyl (C=O) groups is 2. The Morgan fingerprint density at radius 2 is 1.94 bits per heavy atom. The maximum Gasteiger partial charge on any atom is 0.262 e. The number of carbonyl (C=O) groups excluding carboxylic acids is 2. The molecule has 2 N–H and O–H groups in total. The van der Waals surface area contributed by atoms with Gasteiger partial charge >= 0.3 is 0 Å². The molecule has 2 rings (SSSR count). The molecular weight excluding hydrogens is 521 g/mol. The van der Waals surface area contributed by atoms with Crippen molar-refractivity contribution in [2.24, 2.45) is 11.0 Å². The summed E-state index contributed by atoms with van der Waals surface area (Å²) >= 11 is 15.4. The summed E-state index contributed by atoms with van der Waals surface area (Å²) in [5.41, 5.74) is 3.37. The summed E-state index contributed by atoms with van der Waals surface area (Å²) in [6.07, 6.45) is 1.47. The number of hydrogen-bond donors (Lipinski definition) is 2. The van der Waals surface area contributed by atoms with Gasteiger partial charge in [-0.3, -0.25) is 9.59 Å². The van der Waals surface area contributed by atoms with Gasteiger partial charge in [-0.05, 0) is 64.7 Å². The van der Waals surface area contributed by atoms with Crippen molar-refractivity contribution in [1.29, 1.82) is 0 Å². The number of methoxy groups -OCH3 is 1. The predicted octanol–water partition coefficient (Wildman–Crippen LogP) is 5.07. The van der Waals surface area contributed by atoms with Crippen LogP contribution in [0.2, 0.25) is 10.0 Å². The fourth-order valence-electron chi connectivity index (χ4n) is 2.79. The summed E-state index contributed by atoms with van der Waals surface area (Å²) in [6, 6.07) is 7.23. The van der Waals surface area contributed by atoms with E-state index in [-0.39, 0.29) is 16.5 Å². The molecule has 7 nitrogen and oxygen atoms in total. The Balaban J connectivity index is 2.11. The maximum atomic E-state index is 12.7. The normalized spacial score (nSPS) is 12.0. The molecule has 0 fully saturated rings. The highest BCUT2D eigenvalue weighted by atomic mass is 79.9. The lowest BCUT2D eigenvalue weighted by Crippen LogP contribution is -2.48. The minimum absolute atomic E-state index is 0.195. The predicted molar refractivity (Wildman–Crippen MR) is 130 cm³/mol. The van der Waals surface area contributed by atoms with Crippen molar-refractivity contribution in [2.45, 2.75) is 26.8 Å². The van der Waals surface area contributed by atoms with Gasteiger partial charge in [-0.1, -0.05) is 37.0 Å². The number of rotatable bonds is 9. The van der Waals surface area contributed by atoms with Crippen molar-refractivity contribution >= 4 is 57.2 Å². The van der Waals surface area contributed by atoms with E-state index < -0.39 is 17.9 Å². The molecule has 0 bridgehead atoms. The molecule has 0 aromatic heterocycles. The van der Waals surface area contributed by atoms with Gasteiger partial charge in [-0.2, -0.15) is 5.10 Å². The van der Waals surface area contributed by atoms with Crippen LogP contribution in [0.15, 0.2) is 39.9 Å². The molecule has 1 unspecified atom stereocenters. The topological polar surface area (TPSA) is 89.0 Å². The quantitative estimate of drug-likeness (QED) is 0.341. The van der Waals surface area contributed by atoms with Gasteiger partial charge < -0.3 is 14.8 Å². The van der Waals surface area contributed by atoms with Gasteiger partial charge in [0, 0.05) is 5.02 Å². The number of nitrogens with zero attached hydrogens (tertiary/aromatic N) is 1. The van der Waals surface area contributed by atoms with Gasteiger partial charge in [0.1, 0.15) is 6.04 Å². The van der Waals surface area contributed by atoms with E-state index in [1.165, 1.54) is 18.3 Å². The smallest absolute Gasteiger partial charge is 0.262 e. The van der Waals surface area contributed by atoms with Crippen LogP contribution in [0.5, 0.6) is 11.5 Å². The minimum atomic E-state index is -0.826. The lowest BCUT2D eigenvalue weighted by molar-refractivity contribution is -0.123. The van der Waals surface area contributed by atoms with E-state index in [0.717, 1.165) is 0 Å². The van der Waals surface area contributed by atoms with Gasteiger partial charge in [0.15, 0.2) is 11.5 Å². The van der Waals surface area contributed by atoms with Crippen LogP contribution in [0, 0.1) is 5.92 Å². The van der Waals surface area contributed by atoms with Crippen molar-refractivity contribution in [3.63, 3.8) is 0 Å². The highest BCUT2D eigenvalue weighted by Crippen LogP contribution is 2.36. The molecule has 0 aliphatic heterocycles. The first-order valence-electron chi connectivity index (χ1n) is 9.77. The molecule has 0 aliphatic carbocycles. The second-order valence-corrected chi connectivity index (χ2v) is 8.72. The fourth-order valence-corrected chi connectivity index (χ4v) is 3.91. The number of benzene rings is 2. The second kappa shape index (κ2) is 12.1. The highest BCUT2D eigenvalue weighted by molar-refractivity contribution is 9.10. The van der Waals surface area contributed by atoms with Crippen molar-refractivity contribution in [1.82, 2.24) is 10.7 Å². The maximum absolute atomic E-state index is 12.7. The van der Waals surface area contributed by atoms with E-state index in [2.05, 4.69) is 31.8 Å². The molecule has 0 spiro atoms. The summed E-state index contributed by atoms with van der Waals surface area (Å²) in [4.78, 5) is 25.3. The van der Waals surface area contributed by atoms with E-state index >= 15 is 0 Å². The Hall–Kier alpha value is -2.29. The number of nitrogens with one attached hydrogen (secondary N) is 2. The first-order chi connectivity index (χ1) is 15.2. The first-order valence-corrected chi connectivity index (χ1v) is 11.3. The number of hydrogen-bond acceptors (Lipinski definition) is 5. The molecule has 2 aromatic carbocycles. The van der Waals surface area contributed by atoms with E-state index in [1.54, 1.807) is 25.3 Å². The van der Waals surface area contributed by atoms with Gasteiger partial charge in [-0.25, -0.2) is 5.43 Å². The van der Waals surface area contributed by atoms with E-state index in [4.69, 9.17) is 32.7 Å². The molecule has 2 aromatic rings. The Morgan fingerprint density at radius 1 is 1.22 bits per heavy atom.